The summed E-state index contributed by atoms with van der Waals surface area (Å²) in [6.45, 7) is 7.50. The molecule has 0 fully saturated rings. The molecule has 2 aromatic carbocycles. The maximum atomic E-state index is 3.45. The van der Waals surface area contributed by atoms with Crippen molar-refractivity contribution in [3.63, 3.8) is 0 Å². The minimum absolute atomic E-state index is 0.652. The Morgan fingerprint density at radius 3 is 2.16 bits per heavy atom. The molecule has 1 N–H and O–H groups in total. The number of hydrogen-bond acceptors (Lipinski definition) is 1. The van der Waals surface area contributed by atoms with E-state index in [9.17, 15) is 0 Å². The zero-order valence-electron chi connectivity index (χ0n) is 12.1. The third kappa shape index (κ3) is 3.85. The molecule has 0 aliphatic heterocycles. The molecule has 0 aliphatic rings. The molecule has 19 heavy (non-hydrogen) atoms. The van der Waals surface area contributed by atoms with E-state index in [1.807, 2.05) is 0 Å². The van der Waals surface area contributed by atoms with Crippen molar-refractivity contribution >= 4 is 5.69 Å². The summed E-state index contributed by atoms with van der Waals surface area (Å²) in [5.74, 6) is 0.652. The van der Waals surface area contributed by atoms with Crippen molar-refractivity contribution in [3.8, 4) is 0 Å². The number of hydrogen-bond donors (Lipinski definition) is 1. The Balaban J connectivity index is 1.94. The molecule has 0 bridgehead atoms. The zero-order valence-corrected chi connectivity index (χ0v) is 12.1. The molecule has 0 spiro atoms. The first-order chi connectivity index (χ1) is 9.19. The fourth-order valence-corrected chi connectivity index (χ4v) is 2.08. The standard InChI is InChI=1S/C18H23N/c1-4-15(3)17-9-7-16(8-10-17)13-19-18-11-5-14(2)6-12-18/h5-12,15,19H,4,13H2,1-3H3. The van der Waals surface area contributed by atoms with E-state index in [-0.39, 0.29) is 0 Å². The van der Waals surface area contributed by atoms with Crippen LogP contribution >= 0.6 is 0 Å². The van der Waals surface area contributed by atoms with Gasteiger partial charge in [0.1, 0.15) is 0 Å². The van der Waals surface area contributed by atoms with Crippen LogP contribution in [0.25, 0.3) is 0 Å². The molecule has 2 rings (SSSR count). The summed E-state index contributed by atoms with van der Waals surface area (Å²) in [5, 5.41) is 3.45. The van der Waals surface area contributed by atoms with Crippen molar-refractivity contribution < 1.29 is 0 Å². The highest BCUT2D eigenvalue weighted by atomic mass is 14.9. The van der Waals surface area contributed by atoms with Gasteiger partial charge in [-0.2, -0.15) is 0 Å². The molecule has 2 aromatic rings. The Morgan fingerprint density at radius 1 is 0.947 bits per heavy atom. The van der Waals surface area contributed by atoms with E-state index < -0.39 is 0 Å². The van der Waals surface area contributed by atoms with E-state index in [0.717, 1.165) is 6.54 Å². The lowest BCUT2D eigenvalue weighted by atomic mass is 9.98. The summed E-state index contributed by atoms with van der Waals surface area (Å²) < 4.78 is 0. The number of nitrogens with one attached hydrogen (secondary N) is 1. The summed E-state index contributed by atoms with van der Waals surface area (Å²) >= 11 is 0. The minimum Gasteiger partial charge on any atom is -0.381 e. The molecule has 1 heteroatoms. The van der Waals surface area contributed by atoms with Gasteiger partial charge in [-0.25, -0.2) is 0 Å². The monoisotopic (exact) mass is 253 g/mol. The maximum Gasteiger partial charge on any atom is 0.0400 e. The summed E-state index contributed by atoms with van der Waals surface area (Å²) in [7, 11) is 0. The molecule has 0 aliphatic carbocycles. The molecule has 1 nitrogen and oxygen atoms in total. The van der Waals surface area contributed by atoms with Gasteiger partial charge in [0, 0.05) is 12.2 Å². The van der Waals surface area contributed by atoms with Crippen LogP contribution in [0.5, 0.6) is 0 Å². The summed E-state index contributed by atoms with van der Waals surface area (Å²) in [6, 6.07) is 17.5. The van der Waals surface area contributed by atoms with Gasteiger partial charge in [0.05, 0.1) is 0 Å². The van der Waals surface area contributed by atoms with Gasteiger partial charge in [-0.05, 0) is 42.5 Å². The van der Waals surface area contributed by atoms with Gasteiger partial charge < -0.3 is 5.32 Å². The van der Waals surface area contributed by atoms with E-state index in [2.05, 4.69) is 74.6 Å². The number of aryl methyl sites for hydroxylation is 1. The second-order valence-corrected chi connectivity index (χ2v) is 5.27. The minimum atomic E-state index is 0.652. The van der Waals surface area contributed by atoms with Crippen LogP contribution in [0, 0.1) is 6.92 Å². The quantitative estimate of drug-likeness (QED) is 0.779. The topological polar surface area (TPSA) is 12.0 Å². The molecule has 1 unspecified atom stereocenters. The van der Waals surface area contributed by atoms with Crippen LogP contribution < -0.4 is 5.32 Å². The summed E-state index contributed by atoms with van der Waals surface area (Å²) in [5.41, 5.74) is 5.23. The number of rotatable bonds is 5. The van der Waals surface area contributed by atoms with E-state index in [0.29, 0.717) is 5.92 Å². The lowest BCUT2D eigenvalue weighted by Gasteiger charge is -2.11. The van der Waals surface area contributed by atoms with Crippen LogP contribution in [0.4, 0.5) is 5.69 Å². The molecule has 0 amide bonds. The first-order valence-electron chi connectivity index (χ1n) is 7.08. The van der Waals surface area contributed by atoms with Crippen LogP contribution in [-0.2, 0) is 6.54 Å². The Kier molecular flexibility index (Phi) is 4.62. The van der Waals surface area contributed by atoms with Crippen molar-refractivity contribution in [2.24, 2.45) is 0 Å². The third-order valence-corrected chi connectivity index (χ3v) is 3.71. The lowest BCUT2D eigenvalue weighted by Crippen LogP contribution is -2.00. The normalized spacial score (nSPS) is 12.2. The first-order valence-corrected chi connectivity index (χ1v) is 7.08. The lowest BCUT2D eigenvalue weighted by molar-refractivity contribution is 0.733. The third-order valence-electron chi connectivity index (χ3n) is 3.71. The highest BCUT2D eigenvalue weighted by Gasteiger charge is 2.02. The van der Waals surface area contributed by atoms with Crippen LogP contribution in [0.15, 0.2) is 48.5 Å². The average Bonchev–Trinajstić information content (AvgIpc) is 2.46. The van der Waals surface area contributed by atoms with Gasteiger partial charge in [-0.1, -0.05) is 55.8 Å². The van der Waals surface area contributed by atoms with Gasteiger partial charge in [0.25, 0.3) is 0 Å². The smallest absolute Gasteiger partial charge is 0.0400 e. The molecule has 100 valence electrons. The van der Waals surface area contributed by atoms with Crippen LogP contribution in [0.1, 0.15) is 42.9 Å². The van der Waals surface area contributed by atoms with E-state index in [1.165, 1.54) is 28.8 Å². The molecule has 0 heterocycles. The second-order valence-electron chi connectivity index (χ2n) is 5.27. The highest BCUT2D eigenvalue weighted by Crippen LogP contribution is 2.19. The first kappa shape index (κ1) is 13.7. The van der Waals surface area contributed by atoms with Gasteiger partial charge in [0.15, 0.2) is 0 Å². The van der Waals surface area contributed by atoms with Gasteiger partial charge in [-0.15, -0.1) is 0 Å². The average molecular weight is 253 g/mol. The van der Waals surface area contributed by atoms with Crippen molar-refractivity contribution in [2.75, 3.05) is 5.32 Å². The number of benzene rings is 2. The van der Waals surface area contributed by atoms with E-state index in [4.69, 9.17) is 0 Å². The Hall–Kier alpha value is -1.76. The van der Waals surface area contributed by atoms with Crippen LogP contribution in [0.3, 0.4) is 0 Å². The van der Waals surface area contributed by atoms with Crippen molar-refractivity contribution in [3.05, 3.63) is 65.2 Å². The predicted octanol–water partition coefficient (Wildman–Crippen LogP) is 5.12. The molecule has 0 saturated heterocycles. The Morgan fingerprint density at radius 2 is 1.58 bits per heavy atom. The van der Waals surface area contributed by atoms with Crippen LogP contribution in [-0.4, -0.2) is 0 Å². The fourth-order valence-electron chi connectivity index (χ4n) is 2.08. The van der Waals surface area contributed by atoms with Gasteiger partial charge >= 0.3 is 0 Å². The Bertz CT molecular complexity index is 496. The molecule has 0 saturated carbocycles. The van der Waals surface area contributed by atoms with Gasteiger partial charge in [-0.3, -0.25) is 0 Å². The molecular weight excluding hydrogens is 230 g/mol. The number of anilines is 1. The summed E-state index contributed by atoms with van der Waals surface area (Å²) in [6.07, 6.45) is 1.20. The maximum absolute atomic E-state index is 3.45. The summed E-state index contributed by atoms with van der Waals surface area (Å²) in [4.78, 5) is 0. The highest BCUT2D eigenvalue weighted by molar-refractivity contribution is 5.45. The predicted molar refractivity (Wildman–Crippen MR) is 83.7 cm³/mol. The largest absolute Gasteiger partial charge is 0.381 e. The zero-order chi connectivity index (χ0) is 13.7. The molecular formula is C18H23N. The van der Waals surface area contributed by atoms with Gasteiger partial charge in [0.2, 0.25) is 0 Å². The van der Waals surface area contributed by atoms with Crippen molar-refractivity contribution in [1.82, 2.24) is 0 Å². The fraction of sp³-hybridized carbons (Fsp3) is 0.333. The second kappa shape index (κ2) is 6.42. The van der Waals surface area contributed by atoms with Crippen LogP contribution in [0.2, 0.25) is 0 Å². The Labute approximate surface area is 116 Å². The van der Waals surface area contributed by atoms with E-state index >= 15 is 0 Å². The molecule has 0 radical (unpaired) electrons. The van der Waals surface area contributed by atoms with Crippen molar-refractivity contribution in [2.45, 2.75) is 39.7 Å². The molecule has 0 aromatic heterocycles. The van der Waals surface area contributed by atoms with Crippen molar-refractivity contribution in [1.29, 1.82) is 0 Å². The SMILES string of the molecule is CCC(C)c1ccc(CNc2ccc(C)cc2)cc1. The molecule has 1 atom stereocenters. The van der Waals surface area contributed by atoms with E-state index in [1.54, 1.807) is 0 Å².